The van der Waals surface area contributed by atoms with Gasteiger partial charge < -0.3 is 4.74 Å². The summed E-state index contributed by atoms with van der Waals surface area (Å²) in [5.41, 5.74) is 2.99. The van der Waals surface area contributed by atoms with Crippen LogP contribution < -0.4 is 0 Å². The molecule has 0 N–H and O–H groups in total. The van der Waals surface area contributed by atoms with E-state index in [1.807, 2.05) is 54.6 Å². The van der Waals surface area contributed by atoms with Gasteiger partial charge in [-0.3, -0.25) is 4.79 Å². The van der Waals surface area contributed by atoms with Gasteiger partial charge in [0.05, 0.1) is 2.74 Å². The summed E-state index contributed by atoms with van der Waals surface area (Å²) in [4.78, 5) is 25.8. The number of nitrogens with zero attached hydrogens (tertiary/aromatic N) is 1. The van der Waals surface area contributed by atoms with Gasteiger partial charge in [-0.15, -0.1) is 0 Å². The lowest BCUT2D eigenvalue weighted by molar-refractivity contribution is -0.124. The highest BCUT2D eigenvalue weighted by atomic mass is 19.1. The molecule has 5 heteroatoms. The molecule has 0 radical (unpaired) electrons. The zero-order valence-corrected chi connectivity index (χ0v) is 15.3. The largest absolute Gasteiger partial charge is 0.446 e. The summed E-state index contributed by atoms with van der Waals surface area (Å²) >= 11 is 0. The Balaban J connectivity index is 1.60. The number of carbonyl (C=O) groups excluding carboxylic acids is 2. The summed E-state index contributed by atoms with van der Waals surface area (Å²) in [6, 6.07) is 20.9. The fraction of sp³-hybridized carbons (Fsp3) is 0.0833. The molecule has 1 aliphatic rings. The van der Waals surface area contributed by atoms with Crippen molar-refractivity contribution in [3.8, 4) is 11.1 Å². The number of imide groups is 1. The van der Waals surface area contributed by atoms with Crippen LogP contribution in [0.5, 0.6) is 0 Å². The number of hydrogen-bond acceptors (Lipinski definition) is 3. The van der Waals surface area contributed by atoms with Gasteiger partial charge in [0.15, 0.2) is 0 Å². The van der Waals surface area contributed by atoms with Gasteiger partial charge in [-0.05, 0) is 46.5 Å². The minimum absolute atomic E-state index is 0.255. The molecule has 144 valence electrons. The van der Waals surface area contributed by atoms with Crippen LogP contribution in [0.4, 0.5) is 9.18 Å². The molecule has 1 saturated heterocycles. The van der Waals surface area contributed by atoms with Gasteiger partial charge >= 0.3 is 6.09 Å². The van der Waals surface area contributed by atoms with Crippen molar-refractivity contribution in [3.63, 3.8) is 0 Å². The number of hydrogen-bond donors (Lipinski definition) is 0. The molecule has 3 aromatic rings. The molecule has 0 saturated carbocycles. The van der Waals surface area contributed by atoms with Crippen LogP contribution in [-0.4, -0.2) is 23.5 Å². The molecule has 1 aliphatic heterocycles. The number of ether oxygens (including phenoxy) is 1. The molecule has 3 aromatic carbocycles. The molecule has 0 bridgehead atoms. The van der Waals surface area contributed by atoms with E-state index in [1.165, 1.54) is 18.2 Å². The highest BCUT2D eigenvalue weighted by molar-refractivity contribution is 6.02. The quantitative estimate of drug-likeness (QED) is 0.574. The number of halogens is 1. The van der Waals surface area contributed by atoms with E-state index in [9.17, 15) is 14.0 Å². The Morgan fingerprint density at radius 3 is 2.52 bits per heavy atom. The maximum absolute atomic E-state index is 13.3. The molecule has 4 rings (SSSR count). The van der Waals surface area contributed by atoms with Crippen molar-refractivity contribution in [2.75, 3.05) is 6.56 Å². The molecule has 0 aromatic heterocycles. The van der Waals surface area contributed by atoms with E-state index in [0.29, 0.717) is 4.90 Å². The highest BCUT2D eigenvalue weighted by Crippen LogP contribution is 2.28. The van der Waals surface area contributed by atoms with Crippen molar-refractivity contribution in [1.29, 1.82) is 0 Å². The molecule has 1 fully saturated rings. The first-order valence-electron chi connectivity index (χ1n) is 10.0. The minimum atomic E-state index is -2.44. The summed E-state index contributed by atoms with van der Waals surface area (Å²) in [6.45, 7) is -2.44. The van der Waals surface area contributed by atoms with Gasteiger partial charge in [0.25, 0.3) is 5.91 Å². The maximum Gasteiger partial charge on any atom is 0.417 e. The number of rotatable bonds is 4. The molecule has 4 nitrogen and oxygen atoms in total. The first-order valence-corrected chi connectivity index (χ1v) is 9.00. The van der Waals surface area contributed by atoms with Crippen LogP contribution in [0.15, 0.2) is 84.9 Å². The number of carbonyl (C=O) groups is 2. The molecule has 0 unspecified atom stereocenters. The van der Waals surface area contributed by atoms with Crippen LogP contribution in [0, 0.1) is 5.82 Å². The van der Waals surface area contributed by atoms with Crippen molar-refractivity contribution in [2.45, 2.75) is 6.04 Å². The topological polar surface area (TPSA) is 46.6 Å². The van der Waals surface area contributed by atoms with E-state index >= 15 is 0 Å². The third kappa shape index (κ3) is 4.09. The Morgan fingerprint density at radius 1 is 1.03 bits per heavy atom. The van der Waals surface area contributed by atoms with Crippen LogP contribution >= 0.6 is 0 Å². The molecule has 2 amide bonds. The van der Waals surface area contributed by atoms with Crippen LogP contribution in [0.3, 0.4) is 0 Å². The predicted octanol–water partition coefficient (Wildman–Crippen LogP) is 5.23. The number of amides is 2. The Morgan fingerprint density at radius 2 is 1.76 bits per heavy atom. The molecular formula is C24H18FNO3. The van der Waals surface area contributed by atoms with Crippen molar-refractivity contribution in [2.24, 2.45) is 0 Å². The lowest BCUT2D eigenvalue weighted by atomic mass is 10.0. The van der Waals surface area contributed by atoms with E-state index < -0.39 is 30.4 Å². The van der Waals surface area contributed by atoms with E-state index in [1.54, 1.807) is 6.08 Å². The average Bonchev–Trinajstić information content (AvgIpc) is 3.01. The van der Waals surface area contributed by atoms with E-state index in [0.717, 1.165) is 28.8 Å². The summed E-state index contributed by atoms with van der Waals surface area (Å²) in [5.74, 6) is -1.24. The standard InChI is InChI=1S/C24H18FNO3/c25-21-12-10-19(11-13-21)22-16-29-24(28)26(22)23(27)14-9-17-5-4-8-20(15-17)18-6-2-1-3-7-18/h1-15,22H,16H2/b14-9+/t22-/m1/s1/i16D2. The maximum atomic E-state index is 13.3. The Hall–Kier alpha value is -3.73. The first kappa shape index (κ1) is 16.2. The van der Waals surface area contributed by atoms with Gasteiger partial charge in [0.1, 0.15) is 18.4 Å². The fourth-order valence-electron chi connectivity index (χ4n) is 3.09. The molecule has 0 aliphatic carbocycles. The van der Waals surface area contributed by atoms with Crippen molar-refractivity contribution in [1.82, 2.24) is 4.90 Å². The smallest absolute Gasteiger partial charge is 0.417 e. The predicted molar refractivity (Wildman–Crippen MR) is 108 cm³/mol. The summed E-state index contributed by atoms with van der Waals surface area (Å²) < 4.78 is 34.1. The zero-order chi connectivity index (χ0) is 22.0. The summed E-state index contributed by atoms with van der Waals surface area (Å²) in [7, 11) is 0. The van der Waals surface area contributed by atoms with Gasteiger partial charge in [-0.1, -0.05) is 60.7 Å². The molecular weight excluding hydrogens is 369 g/mol. The minimum Gasteiger partial charge on any atom is -0.446 e. The van der Waals surface area contributed by atoms with Crippen LogP contribution in [-0.2, 0) is 9.53 Å². The monoisotopic (exact) mass is 389 g/mol. The normalized spacial score (nSPS) is 19.0. The van der Waals surface area contributed by atoms with Crippen LogP contribution in [0.1, 0.15) is 19.9 Å². The van der Waals surface area contributed by atoms with Crippen molar-refractivity contribution in [3.05, 3.63) is 102 Å². The van der Waals surface area contributed by atoms with Gasteiger partial charge in [0, 0.05) is 6.08 Å². The third-order valence-corrected chi connectivity index (χ3v) is 4.55. The molecule has 1 atom stereocenters. The number of benzene rings is 3. The molecule has 29 heavy (non-hydrogen) atoms. The van der Waals surface area contributed by atoms with Gasteiger partial charge in [0.2, 0.25) is 0 Å². The van der Waals surface area contributed by atoms with E-state index in [4.69, 9.17) is 7.48 Å². The lowest BCUT2D eigenvalue weighted by Crippen LogP contribution is -2.32. The second kappa shape index (κ2) is 8.10. The number of cyclic esters (lactones) is 1. The second-order valence-corrected chi connectivity index (χ2v) is 6.47. The lowest BCUT2D eigenvalue weighted by Gasteiger charge is -2.18. The van der Waals surface area contributed by atoms with Crippen LogP contribution in [0.2, 0.25) is 0 Å². The molecule has 0 spiro atoms. The van der Waals surface area contributed by atoms with Crippen molar-refractivity contribution < 1.29 is 21.5 Å². The SMILES string of the molecule is [2H]C1([2H])OC(=O)N(C(=O)/C=C/c2cccc(-c3ccccc3)c2)[C@H]1c1ccc(F)cc1. The zero-order valence-electron chi connectivity index (χ0n) is 17.3. The first-order chi connectivity index (χ1) is 14.8. The Kier molecular flexibility index (Phi) is 4.54. The van der Waals surface area contributed by atoms with Gasteiger partial charge in [-0.2, -0.15) is 0 Å². The fourth-order valence-corrected chi connectivity index (χ4v) is 3.09. The van der Waals surface area contributed by atoms with Gasteiger partial charge in [-0.25, -0.2) is 14.1 Å². The molecule has 1 heterocycles. The Labute approximate surface area is 170 Å². The van der Waals surface area contributed by atoms with Crippen molar-refractivity contribution >= 4 is 18.1 Å². The van der Waals surface area contributed by atoms with E-state index in [2.05, 4.69) is 0 Å². The summed E-state index contributed by atoms with van der Waals surface area (Å²) in [5, 5.41) is 0. The second-order valence-electron chi connectivity index (χ2n) is 6.47. The Bertz CT molecular complexity index is 1150. The highest BCUT2D eigenvalue weighted by Gasteiger charge is 2.37. The summed E-state index contributed by atoms with van der Waals surface area (Å²) in [6.07, 6.45) is 1.66. The third-order valence-electron chi connectivity index (χ3n) is 4.55. The van der Waals surface area contributed by atoms with Crippen LogP contribution in [0.25, 0.3) is 17.2 Å². The van der Waals surface area contributed by atoms with E-state index in [-0.39, 0.29) is 5.56 Å². The average molecular weight is 389 g/mol.